The Hall–Kier alpha value is -2.32. The number of nitrogens with one attached hydrogen (secondary N) is 3. The van der Waals surface area contributed by atoms with Gasteiger partial charge in [0.15, 0.2) is 0 Å². The van der Waals surface area contributed by atoms with E-state index in [1.807, 2.05) is 18.2 Å². The van der Waals surface area contributed by atoms with E-state index in [0.29, 0.717) is 5.56 Å². The summed E-state index contributed by atoms with van der Waals surface area (Å²) in [5.41, 5.74) is 2.19. The molecule has 0 aliphatic carbocycles. The average molecular weight is 255 g/mol. The van der Waals surface area contributed by atoms with Gasteiger partial charge >= 0.3 is 0 Å². The standard InChI is InChI=1S/C14H17N5/c15-9-12-3-1-2-4-14(12)18-11-13(10-16)19-7-5-17-6-8-19/h1-4,10-11,16-18H,5-8H2/b13-11+,16-10?. The van der Waals surface area contributed by atoms with Crippen LogP contribution >= 0.6 is 0 Å². The van der Waals surface area contributed by atoms with E-state index in [1.54, 1.807) is 12.3 Å². The van der Waals surface area contributed by atoms with Crippen LogP contribution < -0.4 is 10.6 Å². The number of anilines is 1. The normalized spacial score (nSPS) is 15.7. The Morgan fingerprint density at radius 1 is 1.37 bits per heavy atom. The van der Waals surface area contributed by atoms with Gasteiger partial charge in [0.1, 0.15) is 6.07 Å². The molecule has 0 saturated carbocycles. The Morgan fingerprint density at radius 3 is 2.79 bits per heavy atom. The van der Waals surface area contributed by atoms with Crippen LogP contribution in [0.5, 0.6) is 0 Å². The topological polar surface area (TPSA) is 74.9 Å². The Bertz CT molecular complexity index is 509. The molecule has 0 aromatic heterocycles. The highest BCUT2D eigenvalue weighted by Gasteiger charge is 2.11. The van der Waals surface area contributed by atoms with Gasteiger partial charge in [0.05, 0.1) is 16.9 Å². The highest BCUT2D eigenvalue weighted by molar-refractivity contribution is 5.76. The van der Waals surface area contributed by atoms with Crippen molar-refractivity contribution in [2.75, 3.05) is 31.5 Å². The third-order valence-electron chi connectivity index (χ3n) is 3.05. The third kappa shape index (κ3) is 3.33. The molecule has 0 spiro atoms. The van der Waals surface area contributed by atoms with Crippen LogP contribution in [0.4, 0.5) is 5.69 Å². The molecule has 2 rings (SSSR count). The molecular weight excluding hydrogens is 238 g/mol. The van der Waals surface area contributed by atoms with Gasteiger partial charge in [0.2, 0.25) is 0 Å². The number of piperazine rings is 1. The van der Waals surface area contributed by atoms with E-state index in [-0.39, 0.29) is 0 Å². The lowest BCUT2D eigenvalue weighted by Gasteiger charge is -2.29. The smallest absolute Gasteiger partial charge is 0.101 e. The summed E-state index contributed by atoms with van der Waals surface area (Å²) in [6, 6.07) is 9.48. The van der Waals surface area contributed by atoms with Crippen molar-refractivity contribution in [2.45, 2.75) is 0 Å². The maximum atomic E-state index is 9.02. The Balaban J connectivity index is 2.11. The van der Waals surface area contributed by atoms with Crippen LogP contribution in [0.15, 0.2) is 36.2 Å². The van der Waals surface area contributed by atoms with E-state index in [4.69, 9.17) is 10.7 Å². The van der Waals surface area contributed by atoms with Gasteiger partial charge in [-0.2, -0.15) is 5.26 Å². The molecule has 1 heterocycles. The second-order valence-electron chi connectivity index (χ2n) is 4.25. The maximum Gasteiger partial charge on any atom is 0.101 e. The largest absolute Gasteiger partial charge is 0.367 e. The van der Waals surface area contributed by atoms with E-state index in [1.165, 1.54) is 6.21 Å². The zero-order valence-corrected chi connectivity index (χ0v) is 10.7. The van der Waals surface area contributed by atoms with Gasteiger partial charge in [-0.3, -0.25) is 0 Å². The van der Waals surface area contributed by atoms with Crippen molar-refractivity contribution in [3.63, 3.8) is 0 Å². The summed E-state index contributed by atoms with van der Waals surface area (Å²) in [4.78, 5) is 2.14. The molecule has 1 saturated heterocycles. The molecular formula is C14H17N5. The van der Waals surface area contributed by atoms with Gasteiger partial charge in [-0.05, 0) is 12.1 Å². The van der Waals surface area contributed by atoms with E-state index >= 15 is 0 Å². The first kappa shape index (κ1) is 13.1. The Labute approximate surface area is 113 Å². The highest BCUT2D eigenvalue weighted by atomic mass is 15.2. The number of nitrogens with zero attached hydrogens (tertiary/aromatic N) is 2. The summed E-state index contributed by atoms with van der Waals surface area (Å²) in [6.45, 7) is 3.64. The number of hydrogen-bond donors (Lipinski definition) is 3. The third-order valence-corrected chi connectivity index (χ3v) is 3.05. The van der Waals surface area contributed by atoms with Crippen LogP contribution in [0.1, 0.15) is 5.56 Å². The number of allylic oxidation sites excluding steroid dienone is 1. The fourth-order valence-corrected chi connectivity index (χ4v) is 2.01. The molecule has 1 aliphatic heterocycles. The van der Waals surface area contributed by atoms with Crippen molar-refractivity contribution in [1.82, 2.24) is 10.2 Å². The fraction of sp³-hybridized carbons (Fsp3) is 0.286. The van der Waals surface area contributed by atoms with E-state index in [9.17, 15) is 0 Å². The molecule has 1 fully saturated rings. The summed E-state index contributed by atoms with van der Waals surface area (Å²) in [7, 11) is 0. The Kier molecular flexibility index (Phi) is 4.54. The van der Waals surface area contributed by atoms with Crippen LogP contribution in [0.3, 0.4) is 0 Å². The predicted molar refractivity (Wildman–Crippen MR) is 76.1 cm³/mol. The van der Waals surface area contributed by atoms with Gasteiger partial charge in [-0.25, -0.2) is 0 Å². The quantitative estimate of drug-likeness (QED) is 0.710. The maximum absolute atomic E-state index is 9.02. The van der Waals surface area contributed by atoms with Crippen molar-refractivity contribution in [1.29, 1.82) is 10.7 Å². The summed E-state index contributed by atoms with van der Waals surface area (Å²) < 4.78 is 0. The summed E-state index contributed by atoms with van der Waals surface area (Å²) in [6.07, 6.45) is 3.13. The highest BCUT2D eigenvalue weighted by Crippen LogP contribution is 2.14. The summed E-state index contributed by atoms with van der Waals surface area (Å²) in [5, 5.41) is 22.9. The lowest BCUT2D eigenvalue weighted by molar-refractivity contribution is 0.312. The van der Waals surface area contributed by atoms with Gasteiger partial charge in [-0.1, -0.05) is 12.1 Å². The first-order chi connectivity index (χ1) is 9.35. The molecule has 5 heteroatoms. The summed E-state index contributed by atoms with van der Waals surface area (Å²) >= 11 is 0. The molecule has 0 radical (unpaired) electrons. The Morgan fingerprint density at radius 2 is 2.11 bits per heavy atom. The SMILES string of the molecule is N#Cc1ccccc1N/C=C(\C=N)N1CCNCC1. The predicted octanol–water partition coefficient (Wildman–Crippen LogP) is 1.37. The fourth-order valence-electron chi connectivity index (χ4n) is 2.01. The molecule has 5 nitrogen and oxygen atoms in total. The van der Waals surface area contributed by atoms with Gasteiger partial charge in [0, 0.05) is 38.6 Å². The second-order valence-corrected chi connectivity index (χ2v) is 4.25. The van der Waals surface area contributed by atoms with Crippen LogP contribution in [0, 0.1) is 16.7 Å². The number of nitriles is 1. The molecule has 1 aromatic carbocycles. The minimum Gasteiger partial charge on any atom is -0.367 e. The number of hydrogen-bond acceptors (Lipinski definition) is 5. The molecule has 19 heavy (non-hydrogen) atoms. The number of para-hydroxylation sites is 1. The first-order valence-corrected chi connectivity index (χ1v) is 6.27. The summed E-state index contributed by atoms with van der Waals surface area (Å²) in [5.74, 6) is 0. The van der Waals surface area contributed by atoms with Crippen molar-refractivity contribution in [3.05, 3.63) is 41.7 Å². The first-order valence-electron chi connectivity index (χ1n) is 6.27. The number of rotatable bonds is 4. The van der Waals surface area contributed by atoms with E-state index in [0.717, 1.165) is 37.6 Å². The second kappa shape index (κ2) is 6.57. The molecule has 1 aromatic rings. The molecule has 0 amide bonds. The van der Waals surface area contributed by atoms with E-state index < -0.39 is 0 Å². The lowest BCUT2D eigenvalue weighted by atomic mass is 10.2. The molecule has 0 unspecified atom stereocenters. The molecule has 0 atom stereocenters. The minimum atomic E-state index is 0.600. The van der Waals surface area contributed by atoms with Gasteiger partial charge < -0.3 is 20.9 Å². The van der Waals surface area contributed by atoms with Crippen LogP contribution in [-0.2, 0) is 0 Å². The minimum absolute atomic E-state index is 0.600. The van der Waals surface area contributed by atoms with Crippen molar-refractivity contribution in [3.8, 4) is 6.07 Å². The van der Waals surface area contributed by atoms with Crippen molar-refractivity contribution >= 4 is 11.9 Å². The lowest BCUT2D eigenvalue weighted by Crippen LogP contribution is -2.43. The van der Waals surface area contributed by atoms with Crippen molar-refractivity contribution < 1.29 is 0 Å². The van der Waals surface area contributed by atoms with Crippen LogP contribution in [0.25, 0.3) is 0 Å². The molecule has 98 valence electrons. The zero-order chi connectivity index (χ0) is 13.5. The van der Waals surface area contributed by atoms with Crippen LogP contribution in [-0.4, -0.2) is 37.3 Å². The number of benzene rings is 1. The van der Waals surface area contributed by atoms with Gasteiger partial charge in [-0.15, -0.1) is 0 Å². The van der Waals surface area contributed by atoms with Crippen LogP contribution in [0.2, 0.25) is 0 Å². The van der Waals surface area contributed by atoms with Gasteiger partial charge in [0.25, 0.3) is 0 Å². The van der Waals surface area contributed by atoms with Crippen molar-refractivity contribution in [2.24, 2.45) is 0 Å². The average Bonchev–Trinajstić information content (AvgIpc) is 2.49. The van der Waals surface area contributed by atoms with E-state index in [2.05, 4.69) is 21.6 Å². The molecule has 1 aliphatic rings. The molecule has 3 N–H and O–H groups in total. The molecule has 0 bridgehead atoms. The zero-order valence-electron chi connectivity index (χ0n) is 10.7. The monoisotopic (exact) mass is 255 g/mol.